The fourth-order valence-electron chi connectivity index (χ4n) is 2.33. The van der Waals surface area contributed by atoms with Gasteiger partial charge in [0, 0.05) is 5.56 Å². The Morgan fingerprint density at radius 2 is 2.38 bits per heavy atom. The molecule has 1 unspecified atom stereocenters. The molecule has 0 fully saturated rings. The van der Waals surface area contributed by atoms with Crippen molar-refractivity contribution in [1.29, 1.82) is 0 Å². The Kier molecular flexibility index (Phi) is 3.64. The van der Waals surface area contributed by atoms with E-state index in [1.807, 2.05) is 19.1 Å². The van der Waals surface area contributed by atoms with Gasteiger partial charge in [0.15, 0.2) is 6.35 Å². The zero-order valence-electron chi connectivity index (χ0n) is 11.6. The Labute approximate surface area is 122 Å². The number of nitrogens with zero attached hydrogens (tertiary/aromatic N) is 1. The van der Waals surface area contributed by atoms with Crippen LogP contribution in [-0.4, -0.2) is 12.4 Å². The second-order valence-corrected chi connectivity index (χ2v) is 4.82. The number of nitrogens with two attached hydrogens (primary N) is 1. The highest BCUT2D eigenvalue weighted by Crippen LogP contribution is 2.27. The van der Waals surface area contributed by atoms with E-state index in [0.29, 0.717) is 13.2 Å². The van der Waals surface area contributed by atoms with Crippen molar-refractivity contribution in [3.63, 3.8) is 0 Å². The van der Waals surface area contributed by atoms with Crippen LogP contribution < -0.4 is 16.0 Å². The molecular weight excluding hydrogens is 270 g/mol. The molecule has 1 aromatic heterocycles. The maximum Gasteiger partial charge on any atom is 0.322 e. The van der Waals surface area contributed by atoms with Crippen LogP contribution in [-0.2, 0) is 17.9 Å². The normalized spacial score (nSPS) is 17.6. The van der Waals surface area contributed by atoms with Gasteiger partial charge in [0.1, 0.15) is 11.5 Å². The number of carbonyl (C=O) groups is 1. The van der Waals surface area contributed by atoms with Gasteiger partial charge in [-0.25, -0.2) is 4.79 Å². The number of benzene rings is 1. The first-order valence-electron chi connectivity index (χ1n) is 6.63. The topological polar surface area (TPSA) is 80.7 Å². The molecule has 2 heterocycles. The zero-order chi connectivity index (χ0) is 14.8. The first-order chi connectivity index (χ1) is 10.1. The van der Waals surface area contributed by atoms with Crippen LogP contribution in [0, 0.1) is 13.0 Å². The Balaban J connectivity index is 1.77. The summed E-state index contributed by atoms with van der Waals surface area (Å²) in [7, 11) is 0. The van der Waals surface area contributed by atoms with E-state index < -0.39 is 12.4 Å². The zero-order valence-corrected chi connectivity index (χ0v) is 11.6. The predicted octanol–water partition coefficient (Wildman–Crippen LogP) is 1.88. The van der Waals surface area contributed by atoms with Crippen molar-refractivity contribution < 1.29 is 13.9 Å². The number of amides is 2. The minimum atomic E-state index is -0.622. The van der Waals surface area contributed by atoms with Crippen molar-refractivity contribution >= 4 is 11.7 Å². The second-order valence-electron chi connectivity index (χ2n) is 4.82. The van der Waals surface area contributed by atoms with Crippen molar-refractivity contribution in [1.82, 2.24) is 5.32 Å². The van der Waals surface area contributed by atoms with E-state index in [0.717, 1.165) is 22.8 Å². The summed E-state index contributed by atoms with van der Waals surface area (Å²) in [6.07, 6.45) is -0.622. The van der Waals surface area contributed by atoms with Gasteiger partial charge in [-0.1, -0.05) is 6.07 Å². The average Bonchev–Trinajstić information content (AvgIpc) is 2.89. The number of furan rings is 1. The van der Waals surface area contributed by atoms with E-state index in [-0.39, 0.29) is 0 Å². The molecular formula is C15H16N3O3. The lowest BCUT2D eigenvalue weighted by Gasteiger charge is -2.35. The number of aryl methyl sites for hydroxylation is 1. The van der Waals surface area contributed by atoms with Crippen molar-refractivity contribution in [2.45, 2.75) is 26.4 Å². The van der Waals surface area contributed by atoms with E-state index >= 15 is 0 Å². The maximum atomic E-state index is 11.7. The quantitative estimate of drug-likeness (QED) is 0.902. The molecule has 3 rings (SSSR count). The molecule has 1 aliphatic rings. The number of ether oxygens (including phenoxy) is 1. The molecule has 109 valence electrons. The van der Waals surface area contributed by atoms with Gasteiger partial charge >= 0.3 is 6.03 Å². The standard InChI is InChI=1S/C15H16N3O3/c1-10-6-7-12(21-10)8-17-15-18(14(16)19)13-5-3-2-4-11(13)9-20-15/h3-7,15,17H,8-9H2,1H3,(H2,16,19). The number of urea groups is 1. The molecule has 0 bridgehead atoms. The molecule has 1 aromatic carbocycles. The molecule has 0 spiro atoms. The van der Waals surface area contributed by atoms with Gasteiger partial charge in [-0.2, -0.15) is 0 Å². The Morgan fingerprint density at radius 1 is 1.52 bits per heavy atom. The summed E-state index contributed by atoms with van der Waals surface area (Å²) in [6.45, 7) is 2.71. The molecule has 0 aliphatic carbocycles. The second kappa shape index (κ2) is 5.59. The Morgan fingerprint density at radius 3 is 3.10 bits per heavy atom. The number of primary amides is 1. The monoisotopic (exact) mass is 286 g/mol. The van der Waals surface area contributed by atoms with E-state index in [9.17, 15) is 4.79 Å². The number of hydrogen-bond donors (Lipinski definition) is 2. The van der Waals surface area contributed by atoms with Crippen LogP contribution in [0.1, 0.15) is 17.1 Å². The van der Waals surface area contributed by atoms with Crippen LogP contribution in [0.5, 0.6) is 0 Å². The van der Waals surface area contributed by atoms with Crippen molar-refractivity contribution in [2.75, 3.05) is 4.90 Å². The third kappa shape index (κ3) is 2.76. The van der Waals surface area contributed by atoms with Crippen molar-refractivity contribution in [3.8, 4) is 0 Å². The maximum absolute atomic E-state index is 11.7. The van der Waals surface area contributed by atoms with Crippen LogP contribution in [0.25, 0.3) is 0 Å². The molecule has 6 heteroatoms. The van der Waals surface area contributed by atoms with Gasteiger partial charge in [-0.05, 0) is 37.3 Å². The fraction of sp³-hybridized carbons (Fsp3) is 0.267. The number of anilines is 1. The van der Waals surface area contributed by atoms with Crippen LogP contribution in [0.3, 0.4) is 0 Å². The molecule has 6 nitrogen and oxygen atoms in total. The third-order valence-electron chi connectivity index (χ3n) is 3.30. The first-order valence-corrected chi connectivity index (χ1v) is 6.63. The largest absolute Gasteiger partial charge is 0.465 e. The summed E-state index contributed by atoms with van der Waals surface area (Å²) in [5.41, 5.74) is 7.09. The molecule has 0 saturated carbocycles. The predicted molar refractivity (Wildman–Crippen MR) is 76.2 cm³/mol. The van der Waals surface area contributed by atoms with Gasteiger partial charge in [0.2, 0.25) is 0 Å². The minimum absolute atomic E-state index is 0.394. The van der Waals surface area contributed by atoms with Gasteiger partial charge in [-0.3, -0.25) is 10.2 Å². The number of rotatable bonds is 3. The fourth-order valence-corrected chi connectivity index (χ4v) is 2.33. The first kappa shape index (κ1) is 13.7. The van der Waals surface area contributed by atoms with Gasteiger partial charge in [-0.15, -0.1) is 0 Å². The molecule has 0 saturated heterocycles. The van der Waals surface area contributed by atoms with Gasteiger partial charge < -0.3 is 14.9 Å². The molecule has 1 atom stereocenters. The van der Waals surface area contributed by atoms with Crippen molar-refractivity contribution in [3.05, 3.63) is 53.5 Å². The van der Waals surface area contributed by atoms with E-state index in [2.05, 4.69) is 11.4 Å². The Hall–Kier alpha value is -2.31. The van der Waals surface area contributed by atoms with Crippen LogP contribution in [0.4, 0.5) is 10.5 Å². The van der Waals surface area contributed by atoms with E-state index in [4.69, 9.17) is 14.9 Å². The number of hydrogen-bond acceptors (Lipinski definition) is 4. The van der Waals surface area contributed by atoms with Crippen LogP contribution in [0.15, 0.2) is 34.7 Å². The highest BCUT2D eigenvalue weighted by molar-refractivity contribution is 5.92. The summed E-state index contributed by atoms with van der Waals surface area (Å²) in [5.74, 6) is 1.61. The summed E-state index contributed by atoms with van der Waals surface area (Å²) >= 11 is 0. The summed E-state index contributed by atoms with van der Waals surface area (Å²) in [4.78, 5) is 13.1. The lowest BCUT2D eigenvalue weighted by Crippen LogP contribution is -2.54. The van der Waals surface area contributed by atoms with Gasteiger partial charge in [0.05, 0.1) is 18.8 Å². The smallest absolute Gasteiger partial charge is 0.322 e. The number of carbonyl (C=O) groups excluding carboxylic acids is 1. The molecule has 1 aliphatic heterocycles. The third-order valence-corrected chi connectivity index (χ3v) is 3.30. The van der Waals surface area contributed by atoms with E-state index in [1.165, 1.54) is 4.90 Å². The molecule has 3 N–H and O–H groups in total. The summed E-state index contributed by atoms with van der Waals surface area (Å²) in [6, 6.07) is 11.5. The van der Waals surface area contributed by atoms with Crippen molar-refractivity contribution in [2.24, 2.45) is 5.73 Å². The molecule has 1 radical (unpaired) electrons. The summed E-state index contributed by atoms with van der Waals surface area (Å²) < 4.78 is 11.1. The Bertz CT molecular complexity index is 653. The SMILES string of the molecule is Cc1ccc(CNC2OCc3c[c]ccc3N2C(N)=O)o1. The average molecular weight is 286 g/mol. The number of nitrogens with one attached hydrogen (secondary N) is 1. The van der Waals surface area contributed by atoms with Gasteiger partial charge in [0.25, 0.3) is 0 Å². The number of fused-ring (bicyclic) bond motifs is 1. The van der Waals surface area contributed by atoms with E-state index in [1.54, 1.807) is 18.2 Å². The van der Waals surface area contributed by atoms with Crippen LogP contribution >= 0.6 is 0 Å². The van der Waals surface area contributed by atoms with Crippen LogP contribution in [0.2, 0.25) is 0 Å². The molecule has 21 heavy (non-hydrogen) atoms. The minimum Gasteiger partial charge on any atom is -0.465 e. The lowest BCUT2D eigenvalue weighted by molar-refractivity contribution is 0.00953. The highest BCUT2D eigenvalue weighted by Gasteiger charge is 2.30. The molecule has 2 amide bonds. The molecule has 2 aromatic rings. The summed E-state index contributed by atoms with van der Waals surface area (Å²) in [5, 5.41) is 3.12. The highest BCUT2D eigenvalue weighted by atomic mass is 16.5. The lowest BCUT2D eigenvalue weighted by atomic mass is 10.1.